The van der Waals surface area contributed by atoms with E-state index in [1.807, 2.05) is 35.0 Å². The minimum Gasteiger partial charge on any atom is -0.481 e. The lowest BCUT2D eigenvalue weighted by Crippen LogP contribution is -2.26. The Kier molecular flexibility index (Phi) is 3.19. The maximum absolute atomic E-state index is 11.2. The van der Waals surface area contributed by atoms with Gasteiger partial charge in [-0.1, -0.05) is 18.2 Å². The van der Waals surface area contributed by atoms with Gasteiger partial charge >= 0.3 is 5.97 Å². The Morgan fingerprint density at radius 2 is 2.11 bits per heavy atom. The summed E-state index contributed by atoms with van der Waals surface area (Å²) in [5.41, 5.74) is 1.20. The summed E-state index contributed by atoms with van der Waals surface area (Å²) in [6.07, 6.45) is 5.76. The standard InChI is InChI=1S/C14H16N2O2/c1-14(2,13(17)18)9-11-5-3-4-6-12(11)16-8-7-15-10-16/h3-8,10H,9H2,1-2H3,(H,17,18). The van der Waals surface area contributed by atoms with Crippen LogP contribution in [0.2, 0.25) is 0 Å². The third kappa shape index (κ3) is 2.42. The minimum absolute atomic E-state index is 0.483. The summed E-state index contributed by atoms with van der Waals surface area (Å²) in [5.74, 6) is -0.789. The highest BCUT2D eigenvalue weighted by atomic mass is 16.4. The maximum atomic E-state index is 11.2. The van der Waals surface area contributed by atoms with Crippen molar-refractivity contribution in [1.82, 2.24) is 9.55 Å². The van der Waals surface area contributed by atoms with Crippen LogP contribution >= 0.6 is 0 Å². The first kappa shape index (κ1) is 12.4. The van der Waals surface area contributed by atoms with Gasteiger partial charge in [-0.3, -0.25) is 4.79 Å². The average Bonchev–Trinajstić information content (AvgIpc) is 2.82. The van der Waals surface area contributed by atoms with Crippen LogP contribution in [0.1, 0.15) is 19.4 Å². The molecule has 1 aromatic carbocycles. The van der Waals surface area contributed by atoms with Crippen LogP contribution in [0.4, 0.5) is 0 Å². The van der Waals surface area contributed by atoms with E-state index in [-0.39, 0.29) is 0 Å². The Balaban J connectivity index is 2.38. The number of hydrogen-bond acceptors (Lipinski definition) is 2. The molecule has 1 aromatic heterocycles. The summed E-state index contributed by atoms with van der Waals surface area (Å²) in [5, 5.41) is 9.20. The lowest BCUT2D eigenvalue weighted by molar-refractivity contribution is -0.146. The molecule has 0 radical (unpaired) electrons. The lowest BCUT2D eigenvalue weighted by atomic mass is 9.85. The van der Waals surface area contributed by atoms with Crippen LogP contribution in [0.5, 0.6) is 0 Å². The zero-order chi connectivity index (χ0) is 13.2. The van der Waals surface area contributed by atoms with E-state index in [1.165, 1.54) is 0 Å². The van der Waals surface area contributed by atoms with Crippen molar-refractivity contribution < 1.29 is 9.90 Å². The molecular weight excluding hydrogens is 228 g/mol. The molecule has 18 heavy (non-hydrogen) atoms. The van der Waals surface area contributed by atoms with Gasteiger partial charge in [0, 0.05) is 18.1 Å². The first-order valence-electron chi connectivity index (χ1n) is 5.80. The molecule has 0 atom stereocenters. The van der Waals surface area contributed by atoms with Crippen molar-refractivity contribution in [3.8, 4) is 5.69 Å². The molecule has 2 rings (SSSR count). The highest BCUT2D eigenvalue weighted by molar-refractivity contribution is 5.74. The van der Waals surface area contributed by atoms with Gasteiger partial charge in [-0.05, 0) is 31.9 Å². The number of aromatic nitrogens is 2. The van der Waals surface area contributed by atoms with Crippen LogP contribution in [0.3, 0.4) is 0 Å². The van der Waals surface area contributed by atoms with Gasteiger partial charge in [0.25, 0.3) is 0 Å². The van der Waals surface area contributed by atoms with Crippen LogP contribution in [-0.4, -0.2) is 20.6 Å². The van der Waals surface area contributed by atoms with E-state index in [9.17, 15) is 9.90 Å². The number of carboxylic acid groups (broad SMARTS) is 1. The number of carbonyl (C=O) groups is 1. The number of imidazole rings is 1. The maximum Gasteiger partial charge on any atom is 0.309 e. The number of para-hydroxylation sites is 1. The third-order valence-corrected chi connectivity index (χ3v) is 2.99. The molecule has 94 valence electrons. The van der Waals surface area contributed by atoms with Gasteiger partial charge < -0.3 is 9.67 Å². The van der Waals surface area contributed by atoms with Crippen LogP contribution in [0.25, 0.3) is 5.69 Å². The van der Waals surface area contributed by atoms with Crippen molar-refractivity contribution in [1.29, 1.82) is 0 Å². The van der Waals surface area contributed by atoms with Gasteiger partial charge in [-0.25, -0.2) is 4.98 Å². The van der Waals surface area contributed by atoms with Crippen molar-refractivity contribution in [3.05, 3.63) is 48.5 Å². The lowest BCUT2D eigenvalue weighted by Gasteiger charge is -2.21. The highest BCUT2D eigenvalue weighted by Gasteiger charge is 2.28. The second kappa shape index (κ2) is 4.64. The van der Waals surface area contributed by atoms with Crippen LogP contribution in [-0.2, 0) is 11.2 Å². The molecular formula is C14H16N2O2. The van der Waals surface area contributed by atoms with Gasteiger partial charge in [0.1, 0.15) is 0 Å². The predicted molar refractivity (Wildman–Crippen MR) is 68.7 cm³/mol. The molecule has 0 aliphatic rings. The van der Waals surface area contributed by atoms with E-state index in [0.717, 1.165) is 11.3 Å². The normalized spacial score (nSPS) is 11.4. The summed E-state index contributed by atoms with van der Waals surface area (Å²) in [7, 11) is 0. The zero-order valence-electron chi connectivity index (χ0n) is 10.5. The largest absolute Gasteiger partial charge is 0.481 e. The molecule has 0 saturated heterocycles. The molecule has 0 bridgehead atoms. The molecule has 4 nitrogen and oxygen atoms in total. The second-order valence-corrected chi connectivity index (χ2v) is 4.96. The van der Waals surface area contributed by atoms with Crippen molar-refractivity contribution >= 4 is 5.97 Å². The van der Waals surface area contributed by atoms with Crippen LogP contribution in [0.15, 0.2) is 43.0 Å². The summed E-state index contributed by atoms with van der Waals surface area (Å²) in [4.78, 5) is 15.2. The Morgan fingerprint density at radius 3 is 2.72 bits per heavy atom. The smallest absolute Gasteiger partial charge is 0.309 e. The third-order valence-electron chi connectivity index (χ3n) is 2.99. The van der Waals surface area contributed by atoms with Gasteiger partial charge in [0.15, 0.2) is 0 Å². The van der Waals surface area contributed by atoms with E-state index in [0.29, 0.717) is 6.42 Å². The molecule has 0 spiro atoms. The molecule has 0 aliphatic carbocycles. The molecule has 0 aliphatic heterocycles. The topological polar surface area (TPSA) is 55.1 Å². The Morgan fingerprint density at radius 1 is 1.39 bits per heavy atom. The molecule has 2 aromatic rings. The van der Waals surface area contributed by atoms with Crippen LogP contribution in [0, 0.1) is 5.41 Å². The fourth-order valence-corrected chi connectivity index (χ4v) is 1.87. The Bertz CT molecular complexity index is 545. The van der Waals surface area contributed by atoms with Gasteiger partial charge in [0.2, 0.25) is 0 Å². The minimum atomic E-state index is -0.789. The fraction of sp³-hybridized carbons (Fsp3) is 0.286. The summed E-state index contributed by atoms with van der Waals surface area (Å²) in [6.45, 7) is 3.47. The van der Waals surface area contributed by atoms with Crippen molar-refractivity contribution in [2.45, 2.75) is 20.3 Å². The summed E-state index contributed by atoms with van der Waals surface area (Å²) >= 11 is 0. The molecule has 1 N–H and O–H groups in total. The highest BCUT2D eigenvalue weighted by Crippen LogP contribution is 2.25. The Hall–Kier alpha value is -2.10. The van der Waals surface area contributed by atoms with E-state index in [1.54, 1.807) is 26.4 Å². The first-order valence-corrected chi connectivity index (χ1v) is 5.80. The van der Waals surface area contributed by atoms with Gasteiger partial charge in [0.05, 0.1) is 11.7 Å². The number of nitrogens with zero attached hydrogens (tertiary/aromatic N) is 2. The van der Waals surface area contributed by atoms with E-state index in [4.69, 9.17) is 0 Å². The van der Waals surface area contributed by atoms with Crippen molar-refractivity contribution in [2.24, 2.45) is 5.41 Å². The fourth-order valence-electron chi connectivity index (χ4n) is 1.87. The predicted octanol–water partition coefficient (Wildman–Crippen LogP) is 2.53. The van der Waals surface area contributed by atoms with Crippen LogP contribution < -0.4 is 0 Å². The van der Waals surface area contributed by atoms with Gasteiger partial charge in [-0.15, -0.1) is 0 Å². The quantitative estimate of drug-likeness (QED) is 0.899. The monoisotopic (exact) mass is 244 g/mol. The van der Waals surface area contributed by atoms with E-state index in [2.05, 4.69) is 4.98 Å². The molecule has 0 fully saturated rings. The molecule has 1 heterocycles. The van der Waals surface area contributed by atoms with Crippen molar-refractivity contribution in [2.75, 3.05) is 0 Å². The number of rotatable bonds is 4. The van der Waals surface area contributed by atoms with Crippen molar-refractivity contribution in [3.63, 3.8) is 0 Å². The number of aliphatic carboxylic acids is 1. The molecule has 0 unspecified atom stereocenters. The van der Waals surface area contributed by atoms with E-state index < -0.39 is 11.4 Å². The van der Waals surface area contributed by atoms with Gasteiger partial charge in [-0.2, -0.15) is 0 Å². The second-order valence-electron chi connectivity index (χ2n) is 4.96. The summed E-state index contributed by atoms with van der Waals surface area (Å²) in [6, 6.07) is 7.79. The Labute approximate surface area is 106 Å². The number of benzene rings is 1. The zero-order valence-corrected chi connectivity index (χ0v) is 10.5. The first-order chi connectivity index (χ1) is 8.50. The summed E-state index contributed by atoms with van der Waals surface area (Å²) < 4.78 is 1.90. The molecule has 4 heteroatoms. The molecule has 0 saturated carbocycles. The average molecular weight is 244 g/mol. The SMILES string of the molecule is CC(C)(Cc1ccccc1-n1ccnc1)C(=O)O. The molecule has 0 amide bonds. The number of hydrogen-bond donors (Lipinski definition) is 1. The van der Waals surface area contributed by atoms with E-state index >= 15 is 0 Å². The number of carboxylic acids is 1.